The molecule has 1 fully saturated rings. The van der Waals surface area contributed by atoms with E-state index in [0.717, 1.165) is 12.8 Å². The Morgan fingerprint density at radius 3 is 2.46 bits per heavy atom. The van der Waals surface area contributed by atoms with Crippen LogP contribution in [0, 0.1) is 0 Å². The molecule has 0 unspecified atom stereocenters. The lowest BCUT2D eigenvalue weighted by Gasteiger charge is -2.31. The lowest BCUT2D eigenvalue weighted by molar-refractivity contribution is 0.0351. The van der Waals surface area contributed by atoms with Gasteiger partial charge in [-0.1, -0.05) is 0 Å². The Bertz CT molecular complexity index is 686. The zero-order valence-corrected chi connectivity index (χ0v) is 13.5. The topological polar surface area (TPSA) is 71.8 Å². The van der Waals surface area contributed by atoms with Gasteiger partial charge in [-0.05, 0) is 49.2 Å². The number of hydrogen-bond acceptors (Lipinski definition) is 4. The van der Waals surface area contributed by atoms with Gasteiger partial charge >= 0.3 is 0 Å². The van der Waals surface area contributed by atoms with Crippen LogP contribution in [-0.4, -0.2) is 43.0 Å². The molecule has 1 aliphatic rings. The molecule has 0 atom stereocenters. The molecule has 2 amide bonds. The summed E-state index contributed by atoms with van der Waals surface area (Å²) in [6.45, 7) is 1.41. The molecule has 0 spiro atoms. The number of carbonyl (C=O) groups is 2. The molecule has 0 aliphatic carbocycles. The van der Waals surface area contributed by atoms with Crippen molar-refractivity contribution in [2.75, 3.05) is 25.5 Å². The van der Waals surface area contributed by atoms with E-state index in [0.29, 0.717) is 24.3 Å². The second-order valence-corrected chi connectivity index (χ2v) is 5.74. The van der Waals surface area contributed by atoms with E-state index in [1.807, 2.05) is 4.90 Å². The van der Waals surface area contributed by atoms with Crippen LogP contribution in [0.2, 0.25) is 0 Å². The number of methoxy groups -OCH3 is 1. The second-order valence-electron chi connectivity index (χ2n) is 5.74. The molecule has 2 aromatic rings. The van der Waals surface area contributed by atoms with Crippen LogP contribution < -0.4 is 5.32 Å². The molecular formula is C18H20N2O4. The molecule has 6 nitrogen and oxygen atoms in total. The first-order chi connectivity index (χ1) is 11.7. The number of carbonyl (C=O) groups excluding carboxylic acids is 2. The van der Waals surface area contributed by atoms with Crippen LogP contribution in [0.1, 0.15) is 33.8 Å². The first-order valence-electron chi connectivity index (χ1n) is 7.94. The third-order valence-corrected chi connectivity index (χ3v) is 4.20. The molecule has 1 aromatic carbocycles. The third kappa shape index (κ3) is 3.65. The van der Waals surface area contributed by atoms with Gasteiger partial charge in [0.1, 0.15) is 0 Å². The van der Waals surface area contributed by atoms with Crippen LogP contribution in [0.4, 0.5) is 5.69 Å². The van der Waals surface area contributed by atoms with Crippen LogP contribution in [0.5, 0.6) is 0 Å². The summed E-state index contributed by atoms with van der Waals surface area (Å²) in [6.07, 6.45) is 3.41. The van der Waals surface area contributed by atoms with Crippen molar-refractivity contribution in [3.05, 3.63) is 54.0 Å². The van der Waals surface area contributed by atoms with E-state index < -0.39 is 0 Å². The quantitative estimate of drug-likeness (QED) is 0.937. The Morgan fingerprint density at radius 1 is 1.17 bits per heavy atom. The largest absolute Gasteiger partial charge is 0.459 e. The van der Waals surface area contributed by atoms with E-state index in [9.17, 15) is 9.59 Å². The maximum Gasteiger partial charge on any atom is 0.291 e. The second kappa shape index (κ2) is 7.31. The van der Waals surface area contributed by atoms with Gasteiger partial charge in [-0.15, -0.1) is 0 Å². The fraction of sp³-hybridized carbons (Fsp3) is 0.333. The normalized spacial score (nSPS) is 15.3. The number of nitrogens with one attached hydrogen (secondary N) is 1. The van der Waals surface area contributed by atoms with Gasteiger partial charge in [-0.25, -0.2) is 0 Å². The first-order valence-corrected chi connectivity index (χ1v) is 7.94. The zero-order chi connectivity index (χ0) is 16.9. The molecule has 1 aromatic heterocycles. The van der Waals surface area contributed by atoms with Crippen LogP contribution in [0.3, 0.4) is 0 Å². The van der Waals surface area contributed by atoms with Gasteiger partial charge < -0.3 is 19.4 Å². The minimum absolute atomic E-state index is 0.00784. The number of nitrogens with zero attached hydrogens (tertiary/aromatic N) is 1. The van der Waals surface area contributed by atoms with E-state index >= 15 is 0 Å². The molecule has 2 heterocycles. The standard InChI is InChI=1S/C18H20N2O4/c1-23-15-8-10-20(11-9-15)18(22)13-4-6-14(7-5-13)19-17(21)16-3-2-12-24-16/h2-7,12,15H,8-11H2,1H3,(H,19,21). The van der Waals surface area contributed by atoms with Gasteiger partial charge in [-0.2, -0.15) is 0 Å². The molecule has 1 N–H and O–H groups in total. The lowest BCUT2D eigenvalue weighted by Crippen LogP contribution is -2.40. The Hall–Kier alpha value is -2.60. The maximum atomic E-state index is 12.5. The van der Waals surface area contributed by atoms with Gasteiger partial charge in [-0.3, -0.25) is 9.59 Å². The summed E-state index contributed by atoms with van der Waals surface area (Å²) in [5, 5.41) is 2.73. The number of piperidine rings is 1. The summed E-state index contributed by atoms with van der Waals surface area (Å²) in [4.78, 5) is 26.2. The molecule has 6 heteroatoms. The van der Waals surface area contributed by atoms with E-state index in [2.05, 4.69) is 5.32 Å². The van der Waals surface area contributed by atoms with Crippen molar-refractivity contribution in [3.63, 3.8) is 0 Å². The minimum atomic E-state index is -0.319. The van der Waals surface area contributed by atoms with Crippen LogP contribution in [-0.2, 0) is 4.74 Å². The fourth-order valence-electron chi connectivity index (χ4n) is 2.77. The molecule has 126 valence electrons. The molecular weight excluding hydrogens is 308 g/mol. The van der Waals surface area contributed by atoms with Gasteiger partial charge in [0.05, 0.1) is 12.4 Å². The molecule has 1 aliphatic heterocycles. The summed E-state index contributed by atoms with van der Waals surface area (Å²) in [5.41, 5.74) is 1.23. The molecule has 0 radical (unpaired) electrons. The van der Waals surface area contributed by atoms with E-state index in [1.54, 1.807) is 43.5 Å². The smallest absolute Gasteiger partial charge is 0.291 e. The van der Waals surface area contributed by atoms with Gasteiger partial charge in [0, 0.05) is 31.5 Å². The molecule has 0 saturated carbocycles. The van der Waals surface area contributed by atoms with Crippen molar-refractivity contribution in [1.29, 1.82) is 0 Å². The van der Waals surface area contributed by atoms with E-state index in [1.165, 1.54) is 6.26 Å². The summed E-state index contributed by atoms with van der Waals surface area (Å²) < 4.78 is 10.4. The first kappa shape index (κ1) is 16.3. The van der Waals surface area contributed by atoms with Crippen molar-refractivity contribution in [3.8, 4) is 0 Å². The Kier molecular flexibility index (Phi) is 4.96. The van der Waals surface area contributed by atoms with E-state index in [-0.39, 0.29) is 23.7 Å². The van der Waals surface area contributed by atoms with Crippen LogP contribution >= 0.6 is 0 Å². The highest BCUT2D eigenvalue weighted by molar-refractivity contribution is 6.02. The summed E-state index contributed by atoms with van der Waals surface area (Å²) in [6, 6.07) is 10.1. The maximum absolute atomic E-state index is 12.5. The average molecular weight is 328 g/mol. The number of rotatable bonds is 4. The van der Waals surface area contributed by atoms with Crippen molar-refractivity contribution in [2.45, 2.75) is 18.9 Å². The number of furan rings is 1. The highest BCUT2D eigenvalue weighted by Crippen LogP contribution is 2.17. The molecule has 1 saturated heterocycles. The Balaban J connectivity index is 1.60. The van der Waals surface area contributed by atoms with Gasteiger partial charge in [0.2, 0.25) is 0 Å². The SMILES string of the molecule is COC1CCN(C(=O)c2ccc(NC(=O)c3ccco3)cc2)CC1. The number of hydrogen-bond donors (Lipinski definition) is 1. The van der Waals surface area contributed by atoms with Crippen LogP contribution in [0.15, 0.2) is 47.1 Å². The highest BCUT2D eigenvalue weighted by Gasteiger charge is 2.23. The van der Waals surface area contributed by atoms with E-state index in [4.69, 9.17) is 9.15 Å². The lowest BCUT2D eigenvalue weighted by atomic mass is 10.1. The number of ether oxygens (including phenoxy) is 1. The molecule has 24 heavy (non-hydrogen) atoms. The third-order valence-electron chi connectivity index (χ3n) is 4.20. The predicted octanol–water partition coefficient (Wildman–Crippen LogP) is 2.78. The van der Waals surface area contributed by atoms with Crippen molar-refractivity contribution in [2.24, 2.45) is 0 Å². The monoisotopic (exact) mass is 328 g/mol. The number of likely N-dealkylation sites (tertiary alicyclic amines) is 1. The Morgan fingerprint density at radius 2 is 1.88 bits per heavy atom. The van der Waals surface area contributed by atoms with Crippen molar-refractivity contribution < 1.29 is 18.7 Å². The van der Waals surface area contributed by atoms with Crippen molar-refractivity contribution in [1.82, 2.24) is 4.90 Å². The number of anilines is 1. The number of amides is 2. The van der Waals surface area contributed by atoms with Crippen LogP contribution in [0.25, 0.3) is 0 Å². The average Bonchev–Trinajstić information content (AvgIpc) is 3.17. The number of benzene rings is 1. The zero-order valence-electron chi connectivity index (χ0n) is 13.5. The summed E-state index contributed by atoms with van der Waals surface area (Å²) in [7, 11) is 1.71. The molecule has 0 bridgehead atoms. The summed E-state index contributed by atoms with van der Waals surface area (Å²) >= 11 is 0. The minimum Gasteiger partial charge on any atom is -0.459 e. The Labute approximate surface area is 140 Å². The fourth-order valence-corrected chi connectivity index (χ4v) is 2.77. The highest BCUT2D eigenvalue weighted by atomic mass is 16.5. The predicted molar refractivity (Wildman–Crippen MR) is 89.0 cm³/mol. The van der Waals surface area contributed by atoms with Gasteiger partial charge in [0.25, 0.3) is 11.8 Å². The summed E-state index contributed by atoms with van der Waals surface area (Å²) in [5.74, 6) is -0.0645. The molecule has 3 rings (SSSR count). The van der Waals surface area contributed by atoms with Gasteiger partial charge in [0.15, 0.2) is 5.76 Å². The van der Waals surface area contributed by atoms with Crippen molar-refractivity contribution >= 4 is 17.5 Å².